The Labute approximate surface area is 257 Å². The molecule has 0 bridgehead atoms. The number of ether oxygens (including phenoxy) is 2. The number of aromatic nitrogens is 2. The fraction of sp³-hybridized carbons (Fsp3) is 0.560. The van der Waals surface area contributed by atoms with Crippen molar-refractivity contribution in [1.82, 2.24) is 15.1 Å². The van der Waals surface area contributed by atoms with Gasteiger partial charge in [-0.15, -0.1) is 5.10 Å². The van der Waals surface area contributed by atoms with Crippen molar-refractivity contribution in [3.63, 3.8) is 0 Å². The lowest BCUT2D eigenvalue weighted by atomic mass is 9.93. The zero-order chi connectivity index (χ0) is 35.0. The maximum absolute atomic E-state index is 13.9. The van der Waals surface area contributed by atoms with Crippen LogP contribution in [0.15, 0.2) is 29.3 Å². The Morgan fingerprint density at radius 1 is 1.11 bits per heavy atom. The summed E-state index contributed by atoms with van der Waals surface area (Å²) in [5, 5.41) is 7.81. The van der Waals surface area contributed by atoms with Crippen LogP contribution in [-0.4, -0.2) is 73.4 Å². The highest BCUT2D eigenvalue weighted by Gasteiger charge is 2.54. The average Bonchev–Trinajstić information content (AvgIpc) is 3.32. The molecule has 2 amide bonds. The van der Waals surface area contributed by atoms with E-state index in [0.29, 0.717) is 25.1 Å². The zero-order valence-corrected chi connectivity index (χ0v) is 25.4. The number of halogens is 8. The molecule has 1 aromatic carbocycles. The molecule has 1 unspecified atom stereocenters. The van der Waals surface area contributed by atoms with Gasteiger partial charge >= 0.3 is 25.1 Å². The lowest BCUT2D eigenvalue weighted by molar-refractivity contribution is -0.242. The third-order valence-corrected chi connectivity index (χ3v) is 8.73. The predicted molar refractivity (Wildman–Crippen MR) is 145 cm³/mol. The SMILES string of the molecule is CCn1cc(S(=O)(=O)N2C[C@H](CNC(=O)C(C)(N)C(F)(F)F)Cc3ccc(NC(=O)OC(C)(C)C(F)(F)F)cc32)c(OC(F)F)n1. The number of carbonyl (C=O) groups is 2. The molecule has 1 aliphatic rings. The molecule has 0 spiro atoms. The fourth-order valence-electron chi connectivity index (χ4n) is 4.11. The Bertz CT molecular complexity index is 1560. The summed E-state index contributed by atoms with van der Waals surface area (Å²) in [6.07, 6.45) is -10.8. The lowest BCUT2D eigenvalue weighted by Gasteiger charge is -2.36. The van der Waals surface area contributed by atoms with Gasteiger partial charge in [0.05, 0.1) is 5.69 Å². The molecule has 0 radical (unpaired) electrons. The number of benzene rings is 1. The number of nitrogens with zero attached hydrogens (tertiary/aromatic N) is 3. The van der Waals surface area contributed by atoms with E-state index in [1.165, 1.54) is 19.1 Å². The van der Waals surface area contributed by atoms with Crippen LogP contribution in [-0.2, 0) is 32.5 Å². The summed E-state index contributed by atoms with van der Waals surface area (Å²) in [4.78, 5) is 23.7. The highest BCUT2D eigenvalue weighted by atomic mass is 32.2. The normalized spacial score (nSPS) is 17.3. The van der Waals surface area contributed by atoms with Crippen molar-refractivity contribution in [2.24, 2.45) is 11.7 Å². The van der Waals surface area contributed by atoms with Crippen LogP contribution < -0.4 is 25.4 Å². The maximum Gasteiger partial charge on any atom is 0.427 e. The van der Waals surface area contributed by atoms with Crippen LogP contribution in [0.2, 0.25) is 0 Å². The number of rotatable bonds is 10. The van der Waals surface area contributed by atoms with Crippen LogP contribution in [0.25, 0.3) is 0 Å². The summed E-state index contributed by atoms with van der Waals surface area (Å²) in [5.74, 6) is -3.48. The quantitative estimate of drug-likeness (QED) is 0.313. The molecular weight excluding hydrogens is 664 g/mol. The van der Waals surface area contributed by atoms with Gasteiger partial charge < -0.3 is 20.5 Å². The number of hydrogen-bond acceptors (Lipinski definition) is 8. The first-order chi connectivity index (χ1) is 20.9. The number of hydrogen-bond donors (Lipinski definition) is 3. The molecule has 4 N–H and O–H groups in total. The first kappa shape index (κ1) is 36.6. The number of fused-ring (bicyclic) bond motifs is 1. The third-order valence-electron chi connectivity index (χ3n) is 6.96. The third kappa shape index (κ3) is 7.73. The van der Waals surface area contributed by atoms with Crippen LogP contribution in [0.3, 0.4) is 0 Å². The predicted octanol–water partition coefficient (Wildman–Crippen LogP) is 4.16. The molecule has 258 valence electrons. The van der Waals surface area contributed by atoms with Crippen molar-refractivity contribution in [1.29, 1.82) is 0 Å². The van der Waals surface area contributed by atoms with Gasteiger partial charge in [-0.2, -0.15) is 35.1 Å². The maximum atomic E-state index is 13.9. The van der Waals surface area contributed by atoms with E-state index in [0.717, 1.165) is 16.9 Å². The minimum Gasteiger partial charge on any atom is -0.434 e. The molecule has 46 heavy (non-hydrogen) atoms. The fourth-order valence-corrected chi connectivity index (χ4v) is 5.75. The smallest absolute Gasteiger partial charge is 0.427 e. The minimum absolute atomic E-state index is 0.0296. The standard InChI is InChI=1S/C25H30F8N6O6S/c1-5-38-12-17(18(37-38)44-20(26)27)46(42,43)39-11-13(10-35-19(40)23(4,34)25(31,32)33)8-14-6-7-15(9-16(14)39)36-21(41)45-22(2,3)24(28,29)30/h6-7,9,12-13,20H,5,8,10-11,34H2,1-4H3,(H,35,40)(H,36,41)/t13-,23?/m0/s1. The number of anilines is 2. The van der Waals surface area contributed by atoms with Gasteiger partial charge in [0.25, 0.3) is 15.9 Å². The second kappa shape index (κ2) is 12.7. The number of amides is 2. The molecule has 2 aromatic rings. The lowest BCUT2D eigenvalue weighted by Crippen LogP contribution is -2.62. The summed E-state index contributed by atoms with van der Waals surface area (Å²) in [6, 6.07) is 3.51. The van der Waals surface area contributed by atoms with Gasteiger partial charge in [0.1, 0.15) is 0 Å². The zero-order valence-electron chi connectivity index (χ0n) is 24.6. The van der Waals surface area contributed by atoms with E-state index in [-0.39, 0.29) is 29.9 Å². The summed E-state index contributed by atoms with van der Waals surface area (Å²) in [5.41, 5.74) is -1.24. The van der Waals surface area contributed by atoms with E-state index in [9.17, 15) is 53.1 Å². The van der Waals surface area contributed by atoms with Gasteiger partial charge in [-0.1, -0.05) is 6.07 Å². The van der Waals surface area contributed by atoms with E-state index in [1.807, 2.05) is 0 Å². The molecule has 0 saturated carbocycles. The second-order valence-corrected chi connectivity index (χ2v) is 12.7. The Hall–Kier alpha value is -3.88. The minimum atomic E-state index is -5.12. The van der Waals surface area contributed by atoms with Crippen molar-refractivity contribution < 1.29 is 62.6 Å². The van der Waals surface area contributed by atoms with Crippen molar-refractivity contribution >= 4 is 33.4 Å². The molecule has 2 heterocycles. The molecule has 1 aromatic heterocycles. The second-order valence-electron chi connectivity index (χ2n) is 10.9. The summed E-state index contributed by atoms with van der Waals surface area (Å²) < 4.78 is 144. The van der Waals surface area contributed by atoms with Crippen LogP contribution in [0, 0.1) is 5.92 Å². The van der Waals surface area contributed by atoms with Crippen molar-refractivity contribution in [3.05, 3.63) is 30.0 Å². The van der Waals surface area contributed by atoms with Gasteiger partial charge in [0.15, 0.2) is 10.4 Å². The van der Waals surface area contributed by atoms with E-state index in [2.05, 4.69) is 25.2 Å². The summed E-state index contributed by atoms with van der Waals surface area (Å²) in [7, 11) is -4.88. The van der Waals surface area contributed by atoms with Gasteiger partial charge in [-0.3, -0.25) is 19.1 Å². The van der Waals surface area contributed by atoms with Gasteiger partial charge in [-0.25, -0.2) is 13.2 Å². The molecule has 0 aliphatic carbocycles. The van der Waals surface area contributed by atoms with Crippen molar-refractivity contribution in [2.75, 3.05) is 22.7 Å². The number of aryl methyl sites for hydroxylation is 1. The Morgan fingerprint density at radius 3 is 2.28 bits per heavy atom. The first-order valence-corrected chi connectivity index (χ1v) is 14.7. The van der Waals surface area contributed by atoms with E-state index in [1.54, 1.807) is 0 Å². The molecular formula is C25H30F8N6O6S. The molecule has 1 aliphatic heterocycles. The molecule has 0 saturated heterocycles. The number of nitrogens with two attached hydrogens (primary N) is 1. The molecule has 3 rings (SSSR count). The Morgan fingerprint density at radius 2 is 1.74 bits per heavy atom. The van der Waals surface area contributed by atoms with Crippen LogP contribution in [0.1, 0.15) is 33.3 Å². The molecule has 2 atom stereocenters. The Kier molecular flexibility index (Phi) is 10.1. The van der Waals surface area contributed by atoms with Gasteiger partial charge in [0.2, 0.25) is 11.5 Å². The Balaban J connectivity index is 2.03. The molecule has 0 fully saturated rings. The number of nitrogens with one attached hydrogen (secondary N) is 2. The van der Waals surface area contributed by atoms with Crippen LogP contribution in [0.5, 0.6) is 5.88 Å². The van der Waals surface area contributed by atoms with E-state index < -0.39 is 81.9 Å². The number of carbonyl (C=O) groups excluding carboxylic acids is 2. The van der Waals surface area contributed by atoms with Gasteiger partial charge in [0, 0.05) is 31.5 Å². The first-order valence-electron chi connectivity index (χ1n) is 13.3. The van der Waals surface area contributed by atoms with Crippen LogP contribution in [0.4, 0.5) is 51.3 Å². The highest BCUT2D eigenvalue weighted by Crippen LogP contribution is 2.39. The van der Waals surface area contributed by atoms with Crippen molar-refractivity contribution in [3.8, 4) is 5.88 Å². The van der Waals surface area contributed by atoms with Crippen molar-refractivity contribution in [2.45, 2.75) is 75.7 Å². The number of sulfonamides is 1. The monoisotopic (exact) mass is 694 g/mol. The average molecular weight is 695 g/mol. The number of alkyl halides is 8. The van der Waals surface area contributed by atoms with E-state index >= 15 is 0 Å². The van der Waals surface area contributed by atoms with E-state index in [4.69, 9.17) is 5.73 Å². The summed E-state index contributed by atoms with van der Waals surface area (Å²) >= 11 is 0. The van der Waals surface area contributed by atoms with Crippen LogP contribution >= 0.6 is 0 Å². The largest absolute Gasteiger partial charge is 0.434 e. The molecule has 21 heteroatoms. The molecule has 12 nitrogen and oxygen atoms in total. The highest BCUT2D eigenvalue weighted by molar-refractivity contribution is 7.93. The van der Waals surface area contributed by atoms with Gasteiger partial charge in [-0.05, 0) is 57.7 Å². The summed E-state index contributed by atoms with van der Waals surface area (Å²) in [6.45, 7) is -1.35. The topological polar surface area (TPSA) is 158 Å².